The molecule has 4 heteroatoms. The fourth-order valence-corrected chi connectivity index (χ4v) is 8.16. The molecule has 0 aliphatic carbocycles. The van der Waals surface area contributed by atoms with Crippen LogP contribution in [0.1, 0.15) is 41.7 Å². The molecular weight excluding hydrogens is 560 g/mol. The fraction of sp³-hybridized carbons (Fsp3) is 0.119. The van der Waals surface area contributed by atoms with E-state index in [1.54, 1.807) is 0 Å². The number of anilines is 5. The van der Waals surface area contributed by atoms with E-state index in [2.05, 4.69) is 187 Å². The molecule has 0 fully saturated rings. The van der Waals surface area contributed by atoms with Crippen molar-refractivity contribution in [1.29, 1.82) is 0 Å². The van der Waals surface area contributed by atoms with Gasteiger partial charge in [0.15, 0.2) is 0 Å². The van der Waals surface area contributed by atoms with Crippen molar-refractivity contribution < 1.29 is 0 Å². The number of rotatable bonds is 3. The fourth-order valence-electron chi connectivity index (χ4n) is 8.16. The number of hydrogen-bond acceptors (Lipinski definition) is 3. The van der Waals surface area contributed by atoms with Gasteiger partial charge in [0, 0.05) is 18.3 Å². The zero-order chi connectivity index (χ0) is 31.0. The molecule has 222 valence electrons. The molecule has 9 rings (SSSR count). The molecule has 0 amide bonds. The number of hydrogen-bond donors (Lipinski definition) is 0. The summed E-state index contributed by atoms with van der Waals surface area (Å²) in [7, 11) is 2.14. The Morgan fingerprint density at radius 1 is 0.522 bits per heavy atom. The summed E-state index contributed by atoms with van der Waals surface area (Å²) in [5, 5.41) is 0. The molecule has 0 radical (unpaired) electrons. The minimum atomic E-state index is -0.482. The Balaban J connectivity index is 1.30. The van der Waals surface area contributed by atoms with E-state index in [1.807, 2.05) is 0 Å². The Labute approximate surface area is 269 Å². The highest BCUT2D eigenvalue weighted by Gasteiger charge is 2.46. The summed E-state index contributed by atoms with van der Waals surface area (Å²) in [6.45, 7) is 4.60. The molecular formula is C42H34N4. The molecule has 0 atom stereocenters. The van der Waals surface area contributed by atoms with Crippen LogP contribution in [0.25, 0.3) is 11.0 Å². The summed E-state index contributed by atoms with van der Waals surface area (Å²) >= 11 is 0. The van der Waals surface area contributed by atoms with E-state index in [4.69, 9.17) is 4.98 Å². The summed E-state index contributed by atoms with van der Waals surface area (Å²) in [5.41, 5.74) is 12.4. The Morgan fingerprint density at radius 3 is 1.70 bits per heavy atom. The third-order valence-electron chi connectivity index (χ3n) is 10.2. The average molecular weight is 595 g/mol. The van der Waals surface area contributed by atoms with Gasteiger partial charge in [-0.15, -0.1) is 0 Å². The lowest BCUT2D eigenvalue weighted by molar-refractivity contribution is 0.440. The lowest BCUT2D eigenvalue weighted by atomic mass is 9.62. The summed E-state index contributed by atoms with van der Waals surface area (Å²) in [6, 6.07) is 55.2. The average Bonchev–Trinajstić information content (AvgIpc) is 3.51. The van der Waals surface area contributed by atoms with Crippen molar-refractivity contribution in [2.75, 3.05) is 16.8 Å². The molecule has 2 aliphatic heterocycles. The maximum Gasteiger partial charge on any atom is 0.211 e. The van der Waals surface area contributed by atoms with E-state index in [9.17, 15) is 0 Å². The molecule has 2 aliphatic rings. The first-order valence-corrected chi connectivity index (χ1v) is 16.0. The maximum atomic E-state index is 5.10. The van der Waals surface area contributed by atoms with Crippen molar-refractivity contribution >= 4 is 39.7 Å². The van der Waals surface area contributed by atoms with E-state index in [1.165, 1.54) is 44.9 Å². The summed E-state index contributed by atoms with van der Waals surface area (Å²) in [4.78, 5) is 9.81. The van der Waals surface area contributed by atoms with Gasteiger partial charge in [-0.2, -0.15) is 0 Å². The van der Waals surface area contributed by atoms with Crippen LogP contribution >= 0.6 is 0 Å². The Hall–Kier alpha value is -5.61. The van der Waals surface area contributed by atoms with E-state index in [-0.39, 0.29) is 5.54 Å². The molecule has 46 heavy (non-hydrogen) atoms. The second kappa shape index (κ2) is 9.69. The van der Waals surface area contributed by atoms with E-state index in [0.717, 1.165) is 22.7 Å². The molecule has 6 aromatic carbocycles. The van der Waals surface area contributed by atoms with Crippen molar-refractivity contribution in [3.63, 3.8) is 0 Å². The van der Waals surface area contributed by atoms with Crippen LogP contribution in [0, 0.1) is 0 Å². The number of nitrogens with zero attached hydrogens (tertiary/aromatic N) is 4. The second-order valence-corrected chi connectivity index (χ2v) is 12.9. The van der Waals surface area contributed by atoms with Crippen molar-refractivity contribution in [1.82, 2.24) is 9.55 Å². The standard InChI is InChI=1S/C42H34N4/c1-41(2)32-27-26-31(28-39(32)44(3)40-43-35-22-12-15-25-38(35)46(40)41)45-36-23-13-10-20-33(36)42(29-16-6-4-7-17-29,30-18-8-5-9-19-30)34-21-11-14-24-37(34)45/h4-28H,1-3H3. The predicted molar refractivity (Wildman–Crippen MR) is 189 cm³/mol. The Bertz CT molecular complexity index is 2180. The third kappa shape index (κ3) is 3.47. The van der Waals surface area contributed by atoms with Crippen molar-refractivity contribution in [2.24, 2.45) is 0 Å². The van der Waals surface area contributed by atoms with E-state index >= 15 is 0 Å². The van der Waals surface area contributed by atoms with Gasteiger partial charge in [-0.25, -0.2) is 4.98 Å². The largest absolute Gasteiger partial charge is 0.315 e. The zero-order valence-electron chi connectivity index (χ0n) is 26.2. The molecule has 0 spiro atoms. The number of para-hydroxylation sites is 4. The minimum absolute atomic E-state index is 0.278. The molecule has 7 aromatic rings. The van der Waals surface area contributed by atoms with E-state index < -0.39 is 5.41 Å². The van der Waals surface area contributed by atoms with Gasteiger partial charge >= 0.3 is 0 Å². The first-order valence-electron chi connectivity index (χ1n) is 16.0. The number of imidazole rings is 1. The zero-order valence-corrected chi connectivity index (χ0v) is 26.2. The van der Waals surface area contributed by atoms with Crippen molar-refractivity contribution in [3.8, 4) is 0 Å². The van der Waals surface area contributed by atoms with Crippen LogP contribution in [0.15, 0.2) is 152 Å². The third-order valence-corrected chi connectivity index (χ3v) is 10.2. The van der Waals surface area contributed by atoms with Crippen molar-refractivity contribution in [2.45, 2.75) is 24.8 Å². The van der Waals surface area contributed by atoms with Crippen LogP contribution < -0.4 is 9.80 Å². The smallest absolute Gasteiger partial charge is 0.211 e. The normalized spacial score (nSPS) is 15.5. The number of fused-ring (bicyclic) bond motifs is 6. The molecule has 0 bridgehead atoms. The van der Waals surface area contributed by atoms with Gasteiger partial charge in [0.2, 0.25) is 5.95 Å². The lowest BCUT2D eigenvalue weighted by Gasteiger charge is -2.47. The quantitative estimate of drug-likeness (QED) is 0.203. The topological polar surface area (TPSA) is 24.3 Å². The van der Waals surface area contributed by atoms with Crippen LogP contribution in [-0.4, -0.2) is 16.6 Å². The molecule has 1 aromatic heterocycles. The number of aromatic nitrogens is 2. The SMILES string of the molecule is CN1c2cc(N3c4ccccc4C(c4ccccc4)(c4ccccc4)c4ccccc43)ccc2C(C)(C)n2c1nc1ccccc12. The molecule has 0 N–H and O–H groups in total. The summed E-state index contributed by atoms with van der Waals surface area (Å²) < 4.78 is 2.38. The van der Waals surface area contributed by atoms with Gasteiger partial charge in [-0.3, -0.25) is 0 Å². The number of benzene rings is 6. The van der Waals surface area contributed by atoms with Crippen LogP contribution in [0.4, 0.5) is 28.7 Å². The maximum absolute atomic E-state index is 5.10. The molecule has 0 unspecified atom stereocenters. The summed E-state index contributed by atoms with van der Waals surface area (Å²) in [5.74, 6) is 0.961. The van der Waals surface area contributed by atoms with Gasteiger partial charge in [-0.05, 0) is 72.5 Å². The first-order chi connectivity index (χ1) is 22.5. The van der Waals surface area contributed by atoms with Crippen molar-refractivity contribution in [3.05, 3.63) is 179 Å². The highest BCUT2D eigenvalue weighted by atomic mass is 15.3. The predicted octanol–water partition coefficient (Wildman–Crippen LogP) is 10.1. The molecule has 0 saturated carbocycles. The van der Waals surface area contributed by atoms with Crippen LogP contribution in [0.2, 0.25) is 0 Å². The minimum Gasteiger partial charge on any atom is -0.315 e. The van der Waals surface area contributed by atoms with E-state index in [0.29, 0.717) is 0 Å². The molecule has 4 nitrogen and oxygen atoms in total. The molecule has 3 heterocycles. The van der Waals surface area contributed by atoms with Gasteiger partial charge in [0.1, 0.15) is 0 Å². The van der Waals surface area contributed by atoms with Crippen LogP contribution in [0.3, 0.4) is 0 Å². The highest BCUT2D eigenvalue weighted by Crippen LogP contribution is 2.58. The van der Waals surface area contributed by atoms with Gasteiger partial charge < -0.3 is 14.4 Å². The first kappa shape index (κ1) is 26.8. The Morgan fingerprint density at radius 2 is 1.07 bits per heavy atom. The Kier molecular flexibility index (Phi) is 5.64. The summed E-state index contributed by atoms with van der Waals surface area (Å²) in [6.07, 6.45) is 0. The van der Waals surface area contributed by atoms with Gasteiger partial charge in [0.05, 0.1) is 39.0 Å². The monoisotopic (exact) mass is 594 g/mol. The second-order valence-electron chi connectivity index (χ2n) is 12.9. The van der Waals surface area contributed by atoms with Crippen LogP contribution in [-0.2, 0) is 11.0 Å². The molecule has 0 saturated heterocycles. The van der Waals surface area contributed by atoms with Gasteiger partial charge in [-0.1, -0.05) is 115 Å². The van der Waals surface area contributed by atoms with Gasteiger partial charge in [0.25, 0.3) is 0 Å². The lowest BCUT2D eigenvalue weighted by Crippen LogP contribution is -2.38. The highest BCUT2D eigenvalue weighted by molar-refractivity contribution is 5.91. The van der Waals surface area contributed by atoms with Crippen LogP contribution in [0.5, 0.6) is 0 Å².